The van der Waals surface area contributed by atoms with Crippen LogP contribution in [0.5, 0.6) is 0 Å². The maximum atomic E-state index is 13.3. The number of benzene rings is 1. The fourth-order valence-electron chi connectivity index (χ4n) is 2.98. The molecule has 1 atom stereocenters. The van der Waals surface area contributed by atoms with E-state index in [1.165, 1.54) is 23.5 Å². The van der Waals surface area contributed by atoms with E-state index >= 15 is 0 Å². The van der Waals surface area contributed by atoms with E-state index in [2.05, 4.69) is 20.3 Å². The van der Waals surface area contributed by atoms with E-state index < -0.39 is 6.04 Å². The van der Waals surface area contributed by atoms with Crippen molar-refractivity contribution in [2.24, 2.45) is 7.05 Å². The van der Waals surface area contributed by atoms with Gasteiger partial charge in [-0.2, -0.15) is 0 Å². The Hall–Kier alpha value is -3.39. The summed E-state index contributed by atoms with van der Waals surface area (Å²) >= 11 is 1.45. The van der Waals surface area contributed by atoms with E-state index in [0.29, 0.717) is 11.5 Å². The Morgan fingerprint density at radius 2 is 2.00 bits per heavy atom. The standard InChI is InChI=1S/C21H18FN5OS/c1-27-11-10-24-20(27)19(14-5-7-15(22)8-6-14)26-18(28)12-16-13-29-21(25-16)17-4-2-3-9-23-17/h2-11,13,19H,12H2,1H3,(H,26,28)/t19-/m0/s1. The number of nitrogens with zero attached hydrogens (tertiary/aromatic N) is 4. The van der Waals surface area contributed by atoms with E-state index in [1.807, 2.05) is 35.2 Å². The maximum absolute atomic E-state index is 13.3. The van der Waals surface area contributed by atoms with Crippen molar-refractivity contribution < 1.29 is 9.18 Å². The number of amides is 1. The van der Waals surface area contributed by atoms with Gasteiger partial charge in [-0.25, -0.2) is 14.4 Å². The van der Waals surface area contributed by atoms with Gasteiger partial charge in [-0.1, -0.05) is 18.2 Å². The van der Waals surface area contributed by atoms with Crippen LogP contribution in [0.25, 0.3) is 10.7 Å². The van der Waals surface area contributed by atoms with Crippen molar-refractivity contribution in [3.05, 3.63) is 89.3 Å². The van der Waals surface area contributed by atoms with Crippen molar-refractivity contribution >= 4 is 17.2 Å². The normalized spacial score (nSPS) is 11.9. The monoisotopic (exact) mass is 407 g/mol. The zero-order valence-electron chi connectivity index (χ0n) is 15.6. The van der Waals surface area contributed by atoms with Crippen molar-refractivity contribution in [2.45, 2.75) is 12.5 Å². The number of halogens is 1. The van der Waals surface area contributed by atoms with Crippen molar-refractivity contribution in [3.8, 4) is 10.7 Å². The first-order valence-electron chi connectivity index (χ1n) is 8.98. The topological polar surface area (TPSA) is 72.7 Å². The van der Waals surface area contributed by atoms with Crippen LogP contribution in [0.4, 0.5) is 4.39 Å². The van der Waals surface area contributed by atoms with Gasteiger partial charge >= 0.3 is 0 Å². The highest BCUT2D eigenvalue weighted by Gasteiger charge is 2.21. The molecular weight excluding hydrogens is 389 g/mol. The summed E-state index contributed by atoms with van der Waals surface area (Å²) in [6.45, 7) is 0. The van der Waals surface area contributed by atoms with Gasteiger partial charge < -0.3 is 9.88 Å². The van der Waals surface area contributed by atoms with E-state index in [4.69, 9.17) is 0 Å². The molecule has 0 radical (unpaired) electrons. The molecule has 3 heterocycles. The number of carbonyl (C=O) groups is 1. The molecule has 0 fully saturated rings. The van der Waals surface area contributed by atoms with Crippen LogP contribution in [0.3, 0.4) is 0 Å². The molecule has 4 aromatic rings. The van der Waals surface area contributed by atoms with Crippen molar-refractivity contribution in [3.63, 3.8) is 0 Å². The minimum Gasteiger partial charge on any atom is -0.342 e. The molecule has 1 aromatic carbocycles. The summed E-state index contributed by atoms with van der Waals surface area (Å²) in [6.07, 6.45) is 5.31. The molecule has 6 nitrogen and oxygen atoms in total. The molecule has 1 N–H and O–H groups in total. The SMILES string of the molecule is Cn1ccnc1[C@@H](NC(=O)Cc1csc(-c2ccccn2)n1)c1ccc(F)cc1. The molecule has 4 rings (SSSR count). The third kappa shape index (κ3) is 4.38. The second-order valence-corrected chi connectivity index (χ2v) is 7.34. The lowest BCUT2D eigenvalue weighted by Crippen LogP contribution is -2.32. The molecule has 0 saturated carbocycles. The Morgan fingerprint density at radius 3 is 2.69 bits per heavy atom. The number of hydrogen-bond acceptors (Lipinski definition) is 5. The van der Waals surface area contributed by atoms with Gasteiger partial charge in [0, 0.05) is 31.0 Å². The van der Waals surface area contributed by atoms with Crippen molar-refractivity contribution in [1.82, 2.24) is 24.8 Å². The average molecular weight is 407 g/mol. The van der Waals surface area contributed by atoms with Crippen LogP contribution in [0.15, 0.2) is 66.4 Å². The van der Waals surface area contributed by atoms with E-state index in [1.54, 1.807) is 30.7 Å². The number of aromatic nitrogens is 4. The third-order valence-electron chi connectivity index (χ3n) is 4.40. The van der Waals surface area contributed by atoms with Crippen molar-refractivity contribution in [2.75, 3.05) is 0 Å². The molecule has 0 aliphatic rings. The molecule has 0 aliphatic carbocycles. The number of hydrogen-bond donors (Lipinski definition) is 1. The third-order valence-corrected chi connectivity index (χ3v) is 5.32. The minimum absolute atomic E-state index is 0.130. The highest BCUT2D eigenvalue weighted by atomic mass is 32.1. The molecule has 8 heteroatoms. The van der Waals surface area contributed by atoms with Gasteiger partial charge in [-0.15, -0.1) is 11.3 Å². The van der Waals surface area contributed by atoms with Gasteiger partial charge in [0.1, 0.15) is 22.7 Å². The molecule has 0 spiro atoms. The van der Waals surface area contributed by atoms with Crippen LogP contribution in [0.2, 0.25) is 0 Å². The predicted octanol–water partition coefficient (Wildman–Crippen LogP) is 3.53. The fraction of sp³-hybridized carbons (Fsp3) is 0.143. The summed E-state index contributed by atoms with van der Waals surface area (Å²) < 4.78 is 15.2. The Kier molecular flexibility index (Phi) is 5.44. The van der Waals surface area contributed by atoms with E-state index in [0.717, 1.165) is 16.3 Å². The van der Waals surface area contributed by atoms with Gasteiger partial charge in [-0.3, -0.25) is 9.78 Å². The number of rotatable bonds is 6. The van der Waals surface area contributed by atoms with Gasteiger partial charge in [0.05, 0.1) is 17.8 Å². The first kappa shape index (κ1) is 18.9. The summed E-state index contributed by atoms with van der Waals surface area (Å²) in [6, 6.07) is 11.2. The fourth-order valence-corrected chi connectivity index (χ4v) is 3.77. The van der Waals surface area contributed by atoms with Crippen LogP contribution in [-0.4, -0.2) is 25.4 Å². The number of pyridine rings is 1. The lowest BCUT2D eigenvalue weighted by Gasteiger charge is -2.19. The molecule has 1 amide bonds. The van der Waals surface area contributed by atoms with Gasteiger partial charge in [0.25, 0.3) is 0 Å². The smallest absolute Gasteiger partial charge is 0.226 e. The highest BCUT2D eigenvalue weighted by Crippen LogP contribution is 2.23. The van der Waals surface area contributed by atoms with Gasteiger partial charge in [0.15, 0.2) is 0 Å². The molecule has 0 saturated heterocycles. The first-order chi connectivity index (χ1) is 14.1. The molecule has 0 unspecified atom stereocenters. The first-order valence-corrected chi connectivity index (χ1v) is 9.86. The van der Waals surface area contributed by atoms with Gasteiger partial charge in [-0.05, 0) is 29.8 Å². The largest absolute Gasteiger partial charge is 0.342 e. The molecule has 3 aromatic heterocycles. The molecule has 146 valence electrons. The molecule has 0 bridgehead atoms. The number of nitrogens with one attached hydrogen (secondary N) is 1. The summed E-state index contributed by atoms with van der Waals surface area (Å²) in [4.78, 5) is 25.9. The minimum atomic E-state index is -0.489. The van der Waals surface area contributed by atoms with E-state index in [9.17, 15) is 9.18 Å². The second kappa shape index (κ2) is 8.32. The Morgan fingerprint density at radius 1 is 1.17 bits per heavy atom. The second-order valence-electron chi connectivity index (χ2n) is 6.48. The Bertz CT molecular complexity index is 1110. The van der Waals surface area contributed by atoms with Gasteiger partial charge in [0.2, 0.25) is 5.91 Å². The van der Waals surface area contributed by atoms with Crippen LogP contribution in [0.1, 0.15) is 23.1 Å². The predicted molar refractivity (Wildman–Crippen MR) is 109 cm³/mol. The maximum Gasteiger partial charge on any atom is 0.226 e. The Labute approximate surface area is 171 Å². The summed E-state index contributed by atoms with van der Waals surface area (Å²) in [7, 11) is 1.85. The number of carbonyl (C=O) groups excluding carboxylic acids is 1. The van der Waals surface area contributed by atoms with E-state index in [-0.39, 0.29) is 18.1 Å². The van der Waals surface area contributed by atoms with Crippen molar-refractivity contribution in [1.29, 1.82) is 0 Å². The quantitative estimate of drug-likeness (QED) is 0.531. The molecular formula is C21H18FN5OS. The average Bonchev–Trinajstić information content (AvgIpc) is 3.37. The lowest BCUT2D eigenvalue weighted by atomic mass is 10.1. The van der Waals surface area contributed by atoms with Crippen LogP contribution in [-0.2, 0) is 18.3 Å². The molecule has 29 heavy (non-hydrogen) atoms. The Balaban J connectivity index is 1.52. The number of imidazole rings is 1. The lowest BCUT2D eigenvalue weighted by molar-refractivity contribution is -0.121. The number of thiazole rings is 1. The summed E-state index contributed by atoms with van der Waals surface area (Å²) in [5.74, 6) is 0.140. The molecule has 0 aliphatic heterocycles. The summed E-state index contributed by atoms with van der Waals surface area (Å²) in [5, 5.41) is 5.63. The van der Waals surface area contributed by atoms with Crippen LogP contribution in [0, 0.1) is 5.82 Å². The number of aryl methyl sites for hydroxylation is 1. The zero-order valence-corrected chi connectivity index (χ0v) is 16.4. The highest BCUT2D eigenvalue weighted by molar-refractivity contribution is 7.13. The van der Waals surface area contributed by atoms with Crippen LogP contribution < -0.4 is 5.32 Å². The summed E-state index contributed by atoms with van der Waals surface area (Å²) in [5.41, 5.74) is 2.20. The zero-order chi connectivity index (χ0) is 20.2. The van der Waals surface area contributed by atoms with Crippen LogP contribution >= 0.6 is 11.3 Å².